The highest BCUT2D eigenvalue weighted by atomic mass is 16.8. The number of carbonyl (C=O) groups is 8. The molecule has 292 valence electrons. The summed E-state index contributed by atoms with van der Waals surface area (Å²) in [6.07, 6.45) is -15.5. The lowest BCUT2D eigenvalue weighted by Gasteiger charge is -2.48. The molecule has 22 heteroatoms. The van der Waals surface area contributed by atoms with Gasteiger partial charge in [-0.15, -0.1) is 5.06 Å². The van der Waals surface area contributed by atoms with Gasteiger partial charge in [0.15, 0.2) is 37.0 Å². The molecule has 0 radical (unpaired) electrons. The number of amides is 2. The number of esters is 6. The maximum atomic E-state index is 13.2. The number of benzene rings is 1. The number of imide groups is 1. The number of ether oxygens (including phenoxy) is 9. The number of hydrogen-bond donors (Lipinski definition) is 0. The second-order valence-electron chi connectivity index (χ2n) is 11.8. The second-order valence-corrected chi connectivity index (χ2v) is 11.8. The SMILES string of the molecule is CC(=O)OCC1OC(ON2C(=O)c3ccccc3C2=O)C(N=[N+]=[N-])C(OC2OC(COC(C)=O)C(OC(C)=O)C(OC(C)=O)C2OC(C)=O)C1OC(C)=O. The Morgan fingerprint density at radius 2 is 1.07 bits per heavy atom. The van der Waals surface area contributed by atoms with E-state index in [9.17, 15) is 43.9 Å². The molecule has 2 amide bonds. The lowest BCUT2D eigenvalue weighted by atomic mass is 9.95. The van der Waals surface area contributed by atoms with E-state index in [0.29, 0.717) is 5.06 Å². The minimum atomic E-state index is -1.94. The molecule has 2 fully saturated rings. The van der Waals surface area contributed by atoms with Crippen LogP contribution in [0.2, 0.25) is 0 Å². The maximum Gasteiger partial charge on any atom is 0.303 e. The Hall–Kier alpha value is -5.67. The molecule has 3 aliphatic rings. The van der Waals surface area contributed by atoms with Crippen LogP contribution in [-0.4, -0.2) is 127 Å². The van der Waals surface area contributed by atoms with Crippen LogP contribution in [-0.2, 0) is 76.2 Å². The monoisotopic (exact) mass is 764 g/mol. The van der Waals surface area contributed by atoms with E-state index < -0.39 is 122 Å². The van der Waals surface area contributed by atoms with E-state index in [-0.39, 0.29) is 11.1 Å². The Labute approximate surface area is 305 Å². The Kier molecular flexibility index (Phi) is 13.6. The lowest BCUT2D eigenvalue weighted by Crippen LogP contribution is -2.67. The summed E-state index contributed by atoms with van der Waals surface area (Å²) in [7, 11) is 0. The van der Waals surface area contributed by atoms with Crippen molar-refractivity contribution in [1.29, 1.82) is 0 Å². The van der Waals surface area contributed by atoms with Gasteiger partial charge in [0.25, 0.3) is 11.8 Å². The third-order valence-electron chi connectivity index (χ3n) is 7.76. The van der Waals surface area contributed by atoms with Crippen molar-refractivity contribution in [2.24, 2.45) is 5.11 Å². The number of hydroxylamine groups is 2. The summed E-state index contributed by atoms with van der Waals surface area (Å²) in [4.78, 5) is 108. The molecule has 10 unspecified atom stereocenters. The number of fused-ring (bicyclic) bond motifs is 1. The van der Waals surface area contributed by atoms with Gasteiger partial charge in [-0.3, -0.25) is 38.4 Å². The molecular formula is C32H36N4O18. The molecule has 2 saturated heterocycles. The van der Waals surface area contributed by atoms with Gasteiger partial charge in [0.2, 0.25) is 0 Å². The molecule has 0 spiro atoms. The molecule has 3 heterocycles. The van der Waals surface area contributed by atoms with Gasteiger partial charge in [-0.05, 0) is 17.7 Å². The zero-order valence-corrected chi connectivity index (χ0v) is 29.6. The molecular weight excluding hydrogens is 728 g/mol. The minimum absolute atomic E-state index is 0.0294. The normalized spacial score (nSPS) is 28.8. The summed E-state index contributed by atoms with van der Waals surface area (Å²) >= 11 is 0. The smallest absolute Gasteiger partial charge is 0.303 e. The predicted octanol–water partition coefficient (Wildman–Crippen LogP) is 0.581. The highest BCUT2D eigenvalue weighted by molar-refractivity contribution is 6.20. The van der Waals surface area contributed by atoms with Crippen LogP contribution in [0.3, 0.4) is 0 Å². The first-order valence-corrected chi connectivity index (χ1v) is 16.1. The summed E-state index contributed by atoms with van der Waals surface area (Å²) in [5.41, 5.74) is 9.62. The molecule has 22 nitrogen and oxygen atoms in total. The molecule has 4 rings (SSSR count). The molecule has 54 heavy (non-hydrogen) atoms. The molecule has 1 aromatic rings. The summed E-state index contributed by atoms with van der Waals surface area (Å²) in [5, 5.41) is 4.04. The summed E-state index contributed by atoms with van der Waals surface area (Å²) in [5.74, 6) is -7.24. The molecule has 10 atom stereocenters. The highest BCUT2D eigenvalue weighted by Crippen LogP contribution is 2.37. The zero-order chi connectivity index (χ0) is 39.9. The Balaban J connectivity index is 1.84. The van der Waals surface area contributed by atoms with Crippen molar-refractivity contribution in [3.63, 3.8) is 0 Å². The molecule has 3 aliphatic heterocycles. The van der Waals surface area contributed by atoms with Crippen LogP contribution >= 0.6 is 0 Å². The van der Waals surface area contributed by atoms with Crippen molar-refractivity contribution in [2.75, 3.05) is 13.2 Å². The predicted molar refractivity (Wildman–Crippen MR) is 169 cm³/mol. The van der Waals surface area contributed by atoms with Gasteiger partial charge in [-0.1, -0.05) is 17.2 Å². The second kappa shape index (κ2) is 17.9. The van der Waals surface area contributed by atoms with Gasteiger partial charge in [0, 0.05) is 46.5 Å². The first-order chi connectivity index (χ1) is 25.5. The van der Waals surface area contributed by atoms with Gasteiger partial charge in [0.1, 0.15) is 37.6 Å². The Morgan fingerprint density at radius 3 is 1.52 bits per heavy atom. The van der Waals surface area contributed by atoms with Crippen molar-refractivity contribution in [3.05, 3.63) is 45.8 Å². The van der Waals surface area contributed by atoms with E-state index in [0.717, 1.165) is 41.5 Å². The maximum absolute atomic E-state index is 13.2. The minimum Gasteiger partial charge on any atom is -0.463 e. The highest BCUT2D eigenvalue weighted by Gasteiger charge is 2.57. The van der Waals surface area contributed by atoms with E-state index in [2.05, 4.69) is 10.0 Å². The molecule has 1 aromatic carbocycles. The van der Waals surface area contributed by atoms with E-state index in [1.165, 1.54) is 24.3 Å². The van der Waals surface area contributed by atoms with E-state index in [1.54, 1.807) is 0 Å². The third-order valence-corrected chi connectivity index (χ3v) is 7.76. The Morgan fingerprint density at radius 1 is 0.648 bits per heavy atom. The van der Waals surface area contributed by atoms with Crippen molar-refractivity contribution >= 4 is 47.6 Å². The van der Waals surface area contributed by atoms with Crippen molar-refractivity contribution < 1.29 is 85.8 Å². The fourth-order valence-corrected chi connectivity index (χ4v) is 5.80. The quantitative estimate of drug-likeness (QED) is 0.0663. The number of rotatable bonds is 13. The van der Waals surface area contributed by atoms with Crippen LogP contribution in [0.4, 0.5) is 0 Å². The summed E-state index contributed by atoms with van der Waals surface area (Å²) < 4.78 is 50.2. The molecule has 0 bridgehead atoms. The molecule has 0 aromatic heterocycles. The van der Waals surface area contributed by atoms with Gasteiger partial charge >= 0.3 is 35.8 Å². The van der Waals surface area contributed by atoms with Crippen LogP contribution in [0.5, 0.6) is 0 Å². The van der Waals surface area contributed by atoms with E-state index in [4.69, 9.17) is 47.5 Å². The van der Waals surface area contributed by atoms with Crippen molar-refractivity contribution in [2.45, 2.75) is 103 Å². The third kappa shape index (κ3) is 9.85. The largest absolute Gasteiger partial charge is 0.463 e. The van der Waals surface area contributed by atoms with E-state index in [1.807, 2.05) is 0 Å². The number of hydrogen-bond acceptors (Lipinski definition) is 19. The summed E-state index contributed by atoms with van der Waals surface area (Å²) in [6.45, 7) is 4.81. The van der Waals surface area contributed by atoms with Crippen molar-refractivity contribution in [3.8, 4) is 0 Å². The Bertz CT molecular complexity index is 1680. The van der Waals surface area contributed by atoms with Crippen LogP contribution in [0, 0.1) is 0 Å². The standard InChI is InChI=1S/C32H36N4O18/c1-13(37)45-11-21-24(47-15(3)39)26(23(34-35-33)31(51-21)54-36-29(43)19-9-7-8-10-20(19)30(36)44)53-32-28(50-18(6)42)27(49-17(5)41)25(48-16(4)40)22(52-32)12-46-14(2)38/h7-10,21-28,31-32H,11-12H2,1-6H3. The molecule has 0 N–H and O–H groups in total. The number of azide groups is 1. The van der Waals surface area contributed by atoms with Gasteiger partial charge in [-0.2, -0.15) is 0 Å². The first kappa shape index (κ1) is 41.1. The van der Waals surface area contributed by atoms with Crippen LogP contribution in [0.1, 0.15) is 62.3 Å². The molecule has 0 saturated carbocycles. The number of carbonyl (C=O) groups excluding carboxylic acids is 8. The van der Waals surface area contributed by atoms with Crippen molar-refractivity contribution in [1.82, 2.24) is 5.06 Å². The average Bonchev–Trinajstić information content (AvgIpc) is 3.31. The first-order valence-electron chi connectivity index (χ1n) is 16.1. The average molecular weight is 765 g/mol. The lowest BCUT2D eigenvalue weighted by molar-refractivity contribution is -0.356. The van der Waals surface area contributed by atoms with Crippen LogP contribution < -0.4 is 0 Å². The molecule has 0 aliphatic carbocycles. The zero-order valence-electron chi connectivity index (χ0n) is 29.6. The topological polar surface area (TPSA) is 281 Å². The number of nitrogens with zero attached hydrogens (tertiary/aromatic N) is 4. The van der Waals surface area contributed by atoms with Crippen LogP contribution in [0.25, 0.3) is 10.4 Å². The van der Waals surface area contributed by atoms with E-state index >= 15 is 0 Å². The summed E-state index contributed by atoms with van der Waals surface area (Å²) in [6, 6.07) is 3.92. The van der Waals surface area contributed by atoms with Gasteiger partial charge in [-0.25, -0.2) is 4.84 Å². The van der Waals surface area contributed by atoms with Gasteiger partial charge in [0.05, 0.1) is 11.1 Å². The van der Waals surface area contributed by atoms with Gasteiger partial charge < -0.3 is 42.6 Å². The van der Waals surface area contributed by atoms with Crippen LogP contribution in [0.15, 0.2) is 29.4 Å². The fraction of sp³-hybridized carbons (Fsp3) is 0.562. The fourth-order valence-electron chi connectivity index (χ4n) is 5.80.